The molecule has 0 atom stereocenters. The quantitative estimate of drug-likeness (QED) is 0.910. The van der Waals surface area contributed by atoms with Crippen LogP contribution >= 0.6 is 11.6 Å². The molecule has 0 aliphatic heterocycles. The van der Waals surface area contributed by atoms with Gasteiger partial charge >= 0.3 is 6.18 Å². The number of anilines is 1. The van der Waals surface area contributed by atoms with Gasteiger partial charge in [0.15, 0.2) is 10.7 Å². The Bertz CT molecular complexity index is 796. The van der Waals surface area contributed by atoms with Gasteiger partial charge in [-0.3, -0.25) is 4.72 Å². The minimum Gasteiger partial charge on any atom is -0.360 e. The van der Waals surface area contributed by atoms with Crippen molar-refractivity contribution in [2.75, 3.05) is 4.72 Å². The number of hydrogen-bond donors (Lipinski definition) is 1. The van der Waals surface area contributed by atoms with Crippen LogP contribution in [0.5, 0.6) is 0 Å². The Kier molecular flexibility index (Phi) is 4.14. The SMILES string of the molecule is Cc1noc(C)c1S(=O)(=O)Nc1ccc(Cl)c(C(F)(F)F)c1. The van der Waals surface area contributed by atoms with Crippen molar-refractivity contribution < 1.29 is 26.1 Å². The zero-order valence-corrected chi connectivity index (χ0v) is 12.9. The van der Waals surface area contributed by atoms with E-state index in [1.807, 2.05) is 0 Å². The molecule has 0 radical (unpaired) electrons. The first kappa shape index (κ1) is 16.6. The van der Waals surface area contributed by atoms with Crippen LogP contribution in [0.3, 0.4) is 0 Å². The molecule has 5 nitrogen and oxygen atoms in total. The molecule has 1 aromatic carbocycles. The van der Waals surface area contributed by atoms with E-state index < -0.39 is 26.8 Å². The van der Waals surface area contributed by atoms with Crippen molar-refractivity contribution in [3.63, 3.8) is 0 Å². The maximum atomic E-state index is 12.8. The summed E-state index contributed by atoms with van der Waals surface area (Å²) in [5.41, 5.74) is -1.29. The fourth-order valence-corrected chi connectivity index (χ4v) is 3.48. The maximum absolute atomic E-state index is 12.8. The van der Waals surface area contributed by atoms with Crippen LogP contribution in [0, 0.1) is 13.8 Å². The fourth-order valence-electron chi connectivity index (χ4n) is 1.87. The average Bonchev–Trinajstić information content (AvgIpc) is 2.70. The second-order valence-electron chi connectivity index (χ2n) is 4.45. The zero-order chi connectivity index (χ0) is 16.7. The largest absolute Gasteiger partial charge is 0.417 e. The van der Waals surface area contributed by atoms with Gasteiger partial charge in [0.1, 0.15) is 5.69 Å². The van der Waals surface area contributed by atoms with Crippen LogP contribution in [0.1, 0.15) is 17.0 Å². The van der Waals surface area contributed by atoms with Gasteiger partial charge in [0.2, 0.25) is 0 Å². The van der Waals surface area contributed by atoms with E-state index in [9.17, 15) is 21.6 Å². The lowest BCUT2D eigenvalue weighted by Crippen LogP contribution is -2.15. The lowest BCUT2D eigenvalue weighted by molar-refractivity contribution is -0.137. The number of nitrogens with one attached hydrogen (secondary N) is 1. The van der Waals surface area contributed by atoms with Gasteiger partial charge in [-0.25, -0.2) is 8.42 Å². The number of halogens is 4. The van der Waals surface area contributed by atoms with Gasteiger partial charge in [-0.05, 0) is 32.0 Å². The summed E-state index contributed by atoms with van der Waals surface area (Å²) in [6.07, 6.45) is -4.69. The Morgan fingerprint density at radius 2 is 1.91 bits per heavy atom. The Morgan fingerprint density at radius 3 is 2.41 bits per heavy atom. The second kappa shape index (κ2) is 5.47. The van der Waals surface area contributed by atoms with E-state index in [4.69, 9.17) is 16.1 Å². The van der Waals surface area contributed by atoms with E-state index in [2.05, 4.69) is 9.88 Å². The second-order valence-corrected chi connectivity index (χ2v) is 6.48. The van der Waals surface area contributed by atoms with Gasteiger partial charge in [0.25, 0.3) is 10.0 Å². The molecule has 0 saturated carbocycles. The van der Waals surface area contributed by atoms with Crippen molar-refractivity contribution in [3.05, 3.63) is 40.2 Å². The van der Waals surface area contributed by atoms with Crippen LogP contribution in [-0.4, -0.2) is 13.6 Å². The molecule has 0 amide bonds. The molecule has 2 rings (SSSR count). The topological polar surface area (TPSA) is 72.2 Å². The number of benzene rings is 1. The summed E-state index contributed by atoms with van der Waals surface area (Å²) in [6.45, 7) is 2.80. The first-order valence-electron chi connectivity index (χ1n) is 5.85. The van der Waals surface area contributed by atoms with Gasteiger partial charge in [0, 0.05) is 5.69 Å². The summed E-state index contributed by atoms with van der Waals surface area (Å²) in [5, 5.41) is 2.98. The molecule has 0 saturated heterocycles. The maximum Gasteiger partial charge on any atom is 0.417 e. The van der Waals surface area contributed by atoms with E-state index in [0.29, 0.717) is 6.07 Å². The first-order valence-corrected chi connectivity index (χ1v) is 7.71. The number of alkyl halides is 3. The van der Waals surface area contributed by atoms with Crippen LogP contribution in [0.4, 0.5) is 18.9 Å². The predicted octanol–water partition coefficient (Wildman–Crippen LogP) is 3.76. The standard InChI is InChI=1S/C12H10ClF3N2O3S/c1-6-11(7(2)21-17-6)22(19,20)18-8-3-4-10(13)9(5-8)12(14,15)16/h3-5,18H,1-2H3. The van der Waals surface area contributed by atoms with Gasteiger partial charge in [-0.1, -0.05) is 16.8 Å². The summed E-state index contributed by atoms with van der Waals surface area (Å²) in [5.74, 6) is 0.0370. The Hall–Kier alpha value is -1.74. The van der Waals surface area contributed by atoms with E-state index in [-0.39, 0.29) is 22.0 Å². The molecule has 22 heavy (non-hydrogen) atoms. The van der Waals surface area contributed by atoms with Gasteiger partial charge in [0.05, 0.1) is 10.6 Å². The highest BCUT2D eigenvalue weighted by atomic mass is 35.5. The number of nitrogens with zero attached hydrogens (tertiary/aromatic N) is 1. The van der Waals surface area contributed by atoms with Crippen LogP contribution in [-0.2, 0) is 16.2 Å². The molecule has 2 aromatic rings. The normalized spacial score (nSPS) is 12.5. The van der Waals surface area contributed by atoms with Crippen molar-refractivity contribution in [2.45, 2.75) is 24.9 Å². The number of sulfonamides is 1. The molecule has 0 bridgehead atoms. The van der Waals surface area contributed by atoms with Crippen molar-refractivity contribution in [3.8, 4) is 0 Å². The van der Waals surface area contributed by atoms with Crippen molar-refractivity contribution in [1.82, 2.24) is 5.16 Å². The Balaban J connectivity index is 2.43. The zero-order valence-electron chi connectivity index (χ0n) is 11.3. The van der Waals surface area contributed by atoms with Crippen molar-refractivity contribution in [1.29, 1.82) is 0 Å². The summed E-state index contributed by atoms with van der Waals surface area (Å²) >= 11 is 5.48. The number of aromatic nitrogens is 1. The first-order chi connectivity index (χ1) is 10.0. The summed E-state index contributed by atoms with van der Waals surface area (Å²) in [6, 6.07) is 2.72. The van der Waals surface area contributed by atoms with Crippen LogP contribution < -0.4 is 4.72 Å². The van der Waals surface area contributed by atoms with Crippen LogP contribution in [0.2, 0.25) is 5.02 Å². The third kappa shape index (κ3) is 3.20. The minimum absolute atomic E-state index is 0.0370. The lowest BCUT2D eigenvalue weighted by Gasteiger charge is -2.12. The number of rotatable bonds is 3. The molecule has 0 unspecified atom stereocenters. The molecule has 0 fully saturated rings. The average molecular weight is 355 g/mol. The minimum atomic E-state index is -4.69. The Morgan fingerprint density at radius 1 is 1.27 bits per heavy atom. The summed E-state index contributed by atoms with van der Waals surface area (Å²) < 4.78 is 69.6. The van der Waals surface area contributed by atoms with Crippen molar-refractivity contribution >= 4 is 27.3 Å². The highest BCUT2D eigenvalue weighted by molar-refractivity contribution is 7.92. The highest BCUT2D eigenvalue weighted by Crippen LogP contribution is 2.36. The molecular weight excluding hydrogens is 345 g/mol. The molecule has 120 valence electrons. The third-order valence-electron chi connectivity index (χ3n) is 2.76. The molecule has 0 aliphatic carbocycles. The number of hydrogen-bond acceptors (Lipinski definition) is 4. The third-order valence-corrected chi connectivity index (χ3v) is 4.71. The van der Waals surface area contributed by atoms with Gasteiger partial charge < -0.3 is 4.52 Å². The molecule has 1 N–H and O–H groups in total. The summed E-state index contributed by atoms with van der Waals surface area (Å²) in [4.78, 5) is -0.212. The Labute approximate surface area is 129 Å². The highest BCUT2D eigenvalue weighted by Gasteiger charge is 2.34. The van der Waals surface area contributed by atoms with Crippen LogP contribution in [0.25, 0.3) is 0 Å². The van der Waals surface area contributed by atoms with Gasteiger partial charge in [-0.15, -0.1) is 0 Å². The lowest BCUT2D eigenvalue weighted by atomic mass is 10.2. The molecule has 0 spiro atoms. The van der Waals surface area contributed by atoms with E-state index in [1.54, 1.807) is 0 Å². The molecular formula is C12H10ClF3N2O3S. The predicted molar refractivity (Wildman–Crippen MR) is 73.2 cm³/mol. The van der Waals surface area contributed by atoms with E-state index in [1.165, 1.54) is 13.8 Å². The van der Waals surface area contributed by atoms with E-state index in [0.717, 1.165) is 12.1 Å². The monoisotopic (exact) mass is 354 g/mol. The van der Waals surface area contributed by atoms with Crippen LogP contribution in [0.15, 0.2) is 27.6 Å². The van der Waals surface area contributed by atoms with E-state index >= 15 is 0 Å². The molecule has 1 heterocycles. The molecule has 10 heteroatoms. The van der Waals surface area contributed by atoms with Gasteiger partial charge in [-0.2, -0.15) is 13.2 Å². The van der Waals surface area contributed by atoms with Crippen molar-refractivity contribution in [2.24, 2.45) is 0 Å². The number of aryl methyl sites for hydroxylation is 2. The fraction of sp³-hybridized carbons (Fsp3) is 0.250. The molecule has 0 aliphatic rings. The molecule has 1 aromatic heterocycles. The smallest absolute Gasteiger partial charge is 0.360 e. The summed E-state index contributed by atoms with van der Waals surface area (Å²) in [7, 11) is -4.12.